The molecule has 1 saturated carbocycles. The molecule has 2 aliphatic heterocycles. The molecule has 0 aromatic carbocycles. The number of aromatic nitrogens is 1. The molecule has 3 atom stereocenters. The Morgan fingerprint density at radius 2 is 2.05 bits per heavy atom. The summed E-state index contributed by atoms with van der Waals surface area (Å²) < 4.78 is 5.91. The van der Waals surface area contributed by atoms with E-state index in [1.54, 1.807) is 0 Å². The number of nitrogens with zero attached hydrogens (tertiary/aromatic N) is 2. The summed E-state index contributed by atoms with van der Waals surface area (Å²) in [5.41, 5.74) is 1.23. The van der Waals surface area contributed by atoms with Crippen LogP contribution in [0.3, 0.4) is 0 Å². The minimum absolute atomic E-state index is 0.515. The summed E-state index contributed by atoms with van der Waals surface area (Å²) in [6.07, 6.45) is 9.14. The van der Waals surface area contributed by atoms with Crippen molar-refractivity contribution in [1.29, 1.82) is 0 Å². The lowest BCUT2D eigenvalue weighted by Crippen LogP contribution is -2.28. The SMILES string of the molecule is c1ncc(N2CC3CCC3C2)cc1OC[C@@H]1CCCN1. The Balaban J connectivity index is 1.39. The van der Waals surface area contributed by atoms with Crippen LogP contribution in [0, 0.1) is 11.8 Å². The first-order chi connectivity index (χ1) is 9.88. The number of anilines is 1. The maximum atomic E-state index is 5.91. The van der Waals surface area contributed by atoms with Crippen LogP contribution in [-0.2, 0) is 0 Å². The van der Waals surface area contributed by atoms with Gasteiger partial charge in [-0.2, -0.15) is 0 Å². The number of pyridine rings is 1. The van der Waals surface area contributed by atoms with Crippen LogP contribution in [0.25, 0.3) is 0 Å². The van der Waals surface area contributed by atoms with Gasteiger partial charge in [0.25, 0.3) is 0 Å². The van der Waals surface area contributed by atoms with Crippen molar-refractivity contribution in [2.45, 2.75) is 31.7 Å². The maximum Gasteiger partial charge on any atom is 0.139 e. The molecule has 4 heteroatoms. The highest BCUT2D eigenvalue weighted by atomic mass is 16.5. The van der Waals surface area contributed by atoms with E-state index in [9.17, 15) is 0 Å². The van der Waals surface area contributed by atoms with Gasteiger partial charge in [-0.3, -0.25) is 4.98 Å². The topological polar surface area (TPSA) is 37.4 Å². The summed E-state index contributed by atoms with van der Waals surface area (Å²) in [6, 6.07) is 2.67. The highest BCUT2D eigenvalue weighted by molar-refractivity contribution is 5.49. The zero-order chi connectivity index (χ0) is 13.4. The Morgan fingerprint density at radius 3 is 2.75 bits per heavy atom. The van der Waals surface area contributed by atoms with Gasteiger partial charge in [0, 0.05) is 25.2 Å². The molecule has 20 heavy (non-hydrogen) atoms. The summed E-state index contributed by atoms with van der Waals surface area (Å²) in [4.78, 5) is 6.84. The predicted molar refractivity (Wildman–Crippen MR) is 79.2 cm³/mol. The average Bonchev–Trinajstić information content (AvgIpc) is 3.06. The highest BCUT2D eigenvalue weighted by Crippen LogP contribution is 2.42. The first-order valence-corrected chi connectivity index (χ1v) is 7.95. The molecular weight excluding hydrogens is 250 g/mol. The molecule has 108 valence electrons. The zero-order valence-corrected chi connectivity index (χ0v) is 11.9. The van der Waals surface area contributed by atoms with Crippen LogP contribution in [0.4, 0.5) is 5.69 Å². The van der Waals surface area contributed by atoms with Crippen LogP contribution in [0.2, 0.25) is 0 Å². The van der Waals surface area contributed by atoms with E-state index in [2.05, 4.69) is 21.3 Å². The normalized spacial score (nSPS) is 32.0. The van der Waals surface area contributed by atoms with Crippen LogP contribution in [0.15, 0.2) is 18.5 Å². The van der Waals surface area contributed by atoms with Crippen LogP contribution in [0.5, 0.6) is 5.75 Å². The van der Waals surface area contributed by atoms with Crippen molar-refractivity contribution < 1.29 is 4.74 Å². The maximum absolute atomic E-state index is 5.91. The third-order valence-corrected chi connectivity index (χ3v) is 5.16. The number of hydrogen-bond donors (Lipinski definition) is 1. The average molecular weight is 273 g/mol. The van der Waals surface area contributed by atoms with Gasteiger partial charge in [0.2, 0.25) is 0 Å². The fourth-order valence-corrected chi connectivity index (χ4v) is 3.73. The molecule has 2 saturated heterocycles. The standard InChI is InChI=1S/C16H23N3O/c1-2-14(18-5-1)11-20-16-6-15(7-17-8-16)19-9-12-3-4-13(12)10-19/h6-8,12-14,18H,1-5,9-11H2/t12?,13?,14-/m0/s1. The van der Waals surface area contributed by atoms with Gasteiger partial charge in [-0.1, -0.05) is 0 Å². The number of ether oxygens (including phenoxy) is 1. The lowest BCUT2D eigenvalue weighted by molar-refractivity contribution is 0.243. The van der Waals surface area contributed by atoms with Crippen molar-refractivity contribution in [3.05, 3.63) is 18.5 Å². The van der Waals surface area contributed by atoms with E-state index in [-0.39, 0.29) is 0 Å². The molecule has 1 N–H and O–H groups in total. The van der Waals surface area contributed by atoms with Gasteiger partial charge in [-0.25, -0.2) is 0 Å². The van der Waals surface area contributed by atoms with Gasteiger partial charge in [0.05, 0.1) is 18.1 Å². The number of hydrogen-bond acceptors (Lipinski definition) is 4. The molecule has 4 nitrogen and oxygen atoms in total. The van der Waals surface area contributed by atoms with E-state index in [0.29, 0.717) is 6.04 Å². The second kappa shape index (κ2) is 5.24. The Bertz CT molecular complexity index is 461. The van der Waals surface area contributed by atoms with Crippen molar-refractivity contribution in [3.63, 3.8) is 0 Å². The molecule has 1 aromatic rings. The lowest BCUT2D eigenvalue weighted by atomic mass is 9.77. The van der Waals surface area contributed by atoms with Gasteiger partial charge < -0.3 is 15.0 Å². The minimum Gasteiger partial charge on any atom is -0.490 e. The van der Waals surface area contributed by atoms with E-state index in [1.165, 1.54) is 44.5 Å². The molecule has 4 rings (SSSR count). The van der Waals surface area contributed by atoms with E-state index in [0.717, 1.165) is 30.7 Å². The molecule has 0 radical (unpaired) electrons. The molecular formula is C16H23N3O. The molecule has 2 unspecified atom stereocenters. The quantitative estimate of drug-likeness (QED) is 0.911. The Morgan fingerprint density at radius 1 is 1.20 bits per heavy atom. The summed E-state index contributed by atoms with van der Waals surface area (Å²) in [5.74, 6) is 2.78. The number of nitrogens with one attached hydrogen (secondary N) is 1. The van der Waals surface area contributed by atoms with E-state index in [4.69, 9.17) is 4.74 Å². The summed E-state index contributed by atoms with van der Waals surface area (Å²) in [5, 5.41) is 3.46. The Hall–Kier alpha value is -1.29. The van der Waals surface area contributed by atoms with Crippen molar-refractivity contribution in [2.75, 3.05) is 31.1 Å². The fraction of sp³-hybridized carbons (Fsp3) is 0.688. The van der Waals surface area contributed by atoms with Gasteiger partial charge in [-0.15, -0.1) is 0 Å². The van der Waals surface area contributed by atoms with E-state index < -0.39 is 0 Å². The summed E-state index contributed by atoms with van der Waals surface area (Å²) >= 11 is 0. The molecule has 3 aliphatic rings. The van der Waals surface area contributed by atoms with Gasteiger partial charge >= 0.3 is 0 Å². The smallest absolute Gasteiger partial charge is 0.139 e. The number of rotatable bonds is 4. The van der Waals surface area contributed by atoms with Crippen LogP contribution in [-0.4, -0.2) is 37.3 Å². The molecule has 0 amide bonds. The fourth-order valence-electron chi connectivity index (χ4n) is 3.73. The van der Waals surface area contributed by atoms with E-state index in [1.807, 2.05) is 12.4 Å². The molecule has 0 bridgehead atoms. The first-order valence-electron chi connectivity index (χ1n) is 7.95. The molecule has 1 aromatic heterocycles. The van der Waals surface area contributed by atoms with Crippen LogP contribution < -0.4 is 15.0 Å². The Labute approximate surface area is 120 Å². The van der Waals surface area contributed by atoms with Gasteiger partial charge in [-0.05, 0) is 44.1 Å². The highest BCUT2D eigenvalue weighted by Gasteiger charge is 2.39. The summed E-state index contributed by atoms with van der Waals surface area (Å²) in [7, 11) is 0. The summed E-state index contributed by atoms with van der Waals surface area (Å²) in [6.45, 7) is 4.30. The van der Waals surface area contributed by atoms with Gasteiger partial charge in [0.1, 0.15) is 12.4 Å². The van der Waals surface area contributed by atoms with Crippen molar-refractivity contribution in [2.24, 2.45) is 11.8 Å². The second-order valence-electron chi connectivity index (χ2n) is 6.49. The zero-order valence-electron chi connectivity index (χ0n) is 11.9. The van der Waals surface area contributed by atoms with Crippen molar-refractivity contribution in [1.82, 2.24) is 10.3 Å². The first kappa shape index (κ1) is 12.5. The molecule has 1 aliphatic carbocycles. The van der Waals surface area contributed by atoms with Crippen molar-refractivity contribution >= 4 is 5.69 Å². The third kappa shape index (κ3) is 2.37. The third-order valence-electron chi connectivity index (χ3n) is 5.16. The lowest BCUT2D eigenvalue weighted by Gasteiger charge is -2.27. The monoisotopic (exact) mass is 273 g/mol. The van der Waals surface area contributed by atoms with Crippen LogP contribution in [0.1, 0.15) is 25.7 Å². The van der Waals surface area contributed by atoms with E-state index >= 15 is 0 Å². The van der Waals surface area contributed by atoms with Crippen molar-refractivity contribution in [3.8, 4) is 5.75 Å². The Kier molecular flexibility index (Phi) is 3.26. The number of fused-ring (bicyclic) bond motifs is 1. The molecule has 0 spiro atoms. The molecule has 3 fully saturated rings. The second-order valence-corrected chi connectivity index (χ2v) is 6.49. The predicted octanol–water partition coefficient (Wildman–Crippen LogP) is 2.06. The van der Waals surface area contributed by atoms with Gasteiger partial charge in [0.15, 0.2) is 0 Å². The largest absolute Gasteiger partial charge is 0.490 e. The minimum atomic E-state index is 0.515. The molecule has 3 heterocycles. The van der Waals surface area contributed by atoms with Crippen LogP contribution >= 0.6 is 0 Å².